The zero-order valence-electron chi connectivity index (χ0n) is 19.8. The lowest BCUT2D eigenvalue weighted by atomic mass is 9.87. The summed E-state index contributed by atoms with van der Waals surface area (Å²) in [5.41, 5.74) is 1.95. The Balaban J connectivity index is 1.96. The van der Waals surface area contributed by atoms with E-state index in [-0.39, 0.29) is 37.0 Å². The number of rotatable bonds is 15. The van der Waals surface area contributed by atoms with Gasteiger partial charge in [0.15, 0.2) is 0 Å². The molecule has 32 heavy (non-hydrogen) atoms. The number of aromatic nitrogens is 2. The summed E-state index contributed by atoms with van der Waals surface area (Å²) in [5, 5.41) is 0. The van der Waals surface area contributed by atoms with Crippen molar-refractivity contribution < 1.29 is 19.1 Å². The Morgan fingerprint density at radius 2 is 1.78 bits per heavy atom. The van der Waals surface area contributed by atoms with Gasteiger partial charge in [0.25, 0.3) is 0 Å². The number of carbonyl (C=O) groups excluding carboxylic acids is 2. The Morgan fingerprint density at radius 3 is 2.44 bits per heavy atom. The minimum absolute atomic E-state index is 0.164. The maximum Gasteiger partial charge on any atom is 0.309 e. The maximum absolute atomic E-state index is 12.9. The lowest BCUT2D eigenvalue weighted by Crippen LogP contribution is -2.31. The fourth-order valence-corrected chi connectivity index (χ4v) is 3.84. The fraction of sp³-hybridized carbons (Fsp3) is 0.577. The van der Waals surface area contributed by atoms with Crippen LogP contribution in [0.3, 0.4) is 0 Å². The summed E-state index contributed by atoms with van der Waals surface area (Å²) in [6, 6.07) is 9.65. The molecule has 0 radical (unpaired) electrons. The molecule has 0 saturated heterocycles. The second kappa shape index (κ2) is 14.4. The van der Waals surface area contributed by atoms with Gasteiger partial charge in [0.1, 0.15) is 6.61 Å². The summed E-state index contributed by atoms with van der Waals surface area (Å²) >= 11 is 0. The van der Waals surface area contributed by atoms with Crippen LogP contribution in [-0.4, -0.2) is 28.1 Å². The van der Waals surface area contributed by atoms with Gasteiger partial charge in [-0.3, -0.25) is 9.59 Å². The third-order valence-corrected chi connectivity index (χ3v) is 5.87. The summed E-state index contributed by atoms with van der Waals surface area (Å²) < 4.78 is 13.2. The Kier molecular flexibility index (Phi) is 11.6. The quantitative estimate of drug-likeness (QED) is 0.278. The van der Waals surface area contributed by atoms with Gasteiger partial charge >= 0.3 is 11.9 Å². The van der Waals surface area contributed by atoms with Crippen LogP contribution in [0.25, 0.3) is 0 Å². The molecule has 2 aromatic rings. The number of unbranched alkanes of at least 4 members (excludes halogenated alkanes) is 4. The van der Waals surface area contributed by atoms with Crippen LogP contribution < -0.4 is 0 Å². The molecule has 1 heterocycles. The number of nitrogens with zero attached hydrogens (tertiary/aromatic N) is 2. The Hall–Kier alpha value is -2.63. The summed E-state index contributed by atoms with van der Waals surface area (Å²) in [6.45, 7) is 4.59. The highest BCUT2D eigenvalue weighted by Crippen LogP contribution is 2.24. The van der Waals surface area contributed by atoms with E-state index in [1.54, 1.807) is 12.5 Å². The summed E-state index contributed by atoms with van der Waals surface area (Å²) in [5.74, 6) is -0.961. The molecule has 0 saturated carbocycles. The van der Waals surface area contributed by atoms with Crippen molar-refractivity contribution in [2.45, 2.75) is 71.8 Å². The highest BCUT2D eigenvalue weighted by molar-refractivity contribution is 5.73. The fourth-order valence-electron chi connectivity index (χ4n) is 3.84. The van der Waals surface area contributed by atoms with Gasteiger partial charge in [-0.2, -0.15) is 0 Å². The van der Waals surface area contributed by atoms with Crippen LogP contribution in [0.4, 0.5) is 0 Å². The van der Waals surface area contributed by atoms with Crippen LogP contribution in [0.5, 0.6) is 0 Å². The third-order valence-electron chi connectivity index (χ3n) is 5.87. The first-order chi connectivity index (χ1) is 15.5. The zero-order chi connectivity index (χ0) is 23.2. The van der Waals surface area contributed by atoms with E-state index < -0.39 is 0 Å². The van der Waals surface area contributed by atoms with Gasteiger partial charge in [-0.05, 0) is 24.8 Å². The van der Waals surface area contributed by atoms with Gasteiger partial charge in [0.05, 0.1) is 18.9 Å². The molecule has 0 aliphatic carbocycles. The highest BCUT2D eigenvalue weighted by atomic mass is 16.5. The molecule has 0 bridgehead atoms. The van der Waals surface area contributed by atoms with Crippen LogP contribution in [0.1, 0.15) is 70.1 Å². The number of imidazole rings is 1. The van der Waals surface area contributed by atoms with Gasteiger partial charge in [-0.15, -0.1) is 0 Å². The van der Waals surface area contributed by atoms with E-state index >= 15 is 0 Å². The van der Waals surface area contributed by atoms with Crippen LogP contribution in [0.2, 0.25) is 0 Å². The average molecular weight is 443 g/mol. The van der Waals surface area contributed by atoms with E-state index in [0.717, 1.165) is 30.5 Å². The predicted molar refractivity (Wildman–Crippen MR) is 125 cm³/mol. The molecule has 1 aromatic carbocycles. The van der Waals surface area contributed by atoms with E-state index in [2.05, 4.69) is 11.9 Å². The van der Waals surface area contributed by atoms with Crippen molar-refractivity contribution in [2.24, 2.45) is 18.9 Å². The van der Waals surface area contributed by atoms with Crippen LogP contribution in [-0.2, 0) is 39.1 Å². The molecule has 2 atom stereocenters. The Labute approximate surface area is 192 Å². The summed E-state index contributed by atoms with van der Waals surface area (Å²) in [6.07, 6.45) is 10.6. The largest absolute Gasteiger partial charge is 0.465 e. The van der Waals surface area contributed by atoms with E-state index in [1.807, 2.05) is 48.9 Å². The van der Waals surface area contributed by atoms with Crippen molar-refractivity contribution in [3.05, 3.63) is 54.1 Å². The number of aryl methyl sites for hydroxylation is 1. The summed E-state index contributed by atoms with van der Waals surface area (Å²) in [4.78, 5) is 29.4. The van der Waals surface area contributed by atoms with Crippen LogP contribution in [0, 0.1) is 11.8 Å². The van der Waals surface area contributed by atoms with Gasteiger partial charge in [-0.1, -0.05) is 69.9 Å². The molecular formula is C26H38N2O4. The van der Waals surface area contributed by atoms with E-state index in [4.69, 9.17) is 9.47 Å². The van der Waals surface area contributed by atoms with E-state index in [1.165, 1.54) is 12.8 Å². The number of benzene rings is 1. The van der Waals surface area contributed by atoms with E-state index in [9.17, 15) is 9.59 Å². The van der Waals surface area contributed by atoms with Crippen molar-refractivity contribution in [2.75, 3.05) is 6.61 Å². The molecule has 0 aliphatic heterocycles. The smallest absolute Gasteiger partial charge is 0.309 e. The topological polar surface area (TPSA) is 70.4 Å². The molecule has 0 unspecified atom stereocenters. The molecular weight excluding hydrogens is 404 g/mol. The summed E-state index contributed by atoms with van der Waals surface area (Å²) in [7, 11) is 1.93. The number of ether oxygens (including phenoxy) is 2. The van der Waals surface area contributed by atoms with Gasteiger partial charge < -0.3 is 14.0 Å². The minimum Gasteiger partial charge on any atom is -0.465 e. The lowest BCUT2D eigenvalue weighted by molar-refractivity contribution is -0.156. The molecule has 0 aliphatic rings. The first-order valence-electron chi connectivity index (χ1n) is 11.9. The standard InChI is InChI=1S/C26H38N2O4/c1-4-6-7-8-12-15-25(29)31-19-22(16-23-17-27-20-28(23)3)24(5-2)26(30)32-18-21-13-10-9-11-14-21/h9-11,13-14,17,20,22,24H,4-8,12,15-16,18-19H2,1-3H3/t22-,24-/m0/s1. The van der Waals surface area contributed by atoms with Gasteiger partial charge in [-0.25, -0.2) is 4.98 Å². The minimum atomic E-state index is -0.356. The highest BCUT2D eigenvalue weighted by Gasteiger charge is 2.30. The molecule has 2 rings (SSSR count). The number of carbonyl (C=O) groups is 2. The molecule has 0 N–H and O–H groups in total. The Bertz CT molecular complexity index is 803. The predicted octanol–water partition coefficient (Wildman–Crippen LogP) is 5.25. The second-order valence-electron chi connectivity index (χ2n) is 8.42. The molecule has 0 spiro atoms. The van der Waals surface area contributed by atoms with Crippen molar-refractivity contribution in [3.8, 4) is 0 Å². The average Bonchev–Trinajstić information content (AvgIpc) is 3.21. The third kappa shape index (κ3) is 8.85. The molecule has 176 valence electrons. The first kappa shape index (κ1) is 25.6. The zero-order valence-corrected chi connectivity index (χ0v) is 19.8. The molecule has 6 heteroatoms. The van der Waals surface area contributed by atoms with E-state index in [0.29, 0.717) is 19.3 Å². The molecule has 0 fully saturated rings. The van der Waals surface area contributed by atoms with Crippen molar-refractivity contribution >= 4 is 11.9 Å². The van der Waals surface area contributed by atoms with Crippen LogP contribution in [0.15, 0.2) is 42.9 Å². The van der Waals surface area contributed by atoms with Crippen molar-refractivity contribution in [1.82, 2.24) is 9.55 Å². The SMILES string of the molecule is CCCCCCCC(=O)OC[C@H](Cc1cncn1C)[C@H](CC)C(=O)OCc1ccccc1. The molecule has 6 nitrogen and oxygen atoms in total. The molecule has 0 amide bonds. The monoisotopic (exact) mass is 442 g/mol. The normalized spacial score (nSPS) is 12.8. The maximum atomic E-state index is 12.9. The number of esters is 2. The first-order valence-corrected chi connectivity index (χ1v) is 11.9. The lowest BCUT2D eigenvalue weighted by Gasteiger charge is -2.25. The Morgan fingerprint density at radius 1 is 1.03 bits per heavy atom. The number of hydrogen-bond acceptors (Lipinski definition) is 5. The molecule has 1 aromatic heterocycles. The van der Waals surface area contributed by atoms with Gasteiger partial charge in [0, 0.05) is 31.3 Å². The van der Waals surface area contributed by atoms with Crippen molar-refractivity contribution in [1.29, 1.82) is 0 Å². The van der Waals surface area contributed by atoms with Crippen LogP contribution >= 0.6 is 0 Å². The second-order valence-corrected chi connectivity index (χ2v) is 8.42. The number of hydrogen-bond donors (Lipinski definition) is 0. The van der Waals surface area contributed by atoms with Crippen molar-refractivity contribution in [3.63, 3.8) is 0 Å². The van der Waals surface area contributed by atoms with Gasteiger partial charge in [0.2, 0.25) is 0 Å².